The largest absolute Gasteiger partial charge is 0.346 e. The van der Waals surface area contributed by atoms with Gasteiger partial charge in [-0.25, -0.2) is 4.98 Å². The molecular formula is C15H19N3S. The van der Waals surface area contributed by atoms with Crippen LogP contribution in [-0.2, 0) is 6.42 Å². The van der Waals surface area contributed by atoms with Crippen LogP contribution in [0.2, 0.25) is 0 Å². The Balaban J connectivity index is 1.70. The molecule has 1 aromatic carbocycles. The maximum atomic E-state index is 4.58. The summed E-state index contributed by atoms with van der Waals surface area (Å²) in [5.41, 5.74) is 2.69. The van der Waals surface area contributed by atoms with Gasteiger partial charge in [-0.15, -0.1) is 11.3 Å². The summed E-state index contributed by atoms with van der Waals surface area (Å²) in [6, 6.07) is 8.71. The van der Waals surface area contributed by atoms with Crippen molar-refractivity contribution < 1.29 is 0 Å². The third-order valence-corrected chi connectivity index (χ3v) is 4.45. The van der Waals surface area contributed by atoms with Gasteiger partial charge in [-0.3, -0.25) is 0 Å². The molecule has 1 aromatic heterocycles. The van der Waals surface area contributed by atoms with Gasteiger partial charge in [0.15, 0.2) is 5.13 Å². The minimum Gasteiger partial charge on any atom is -0.346 e. The number of rotatable bonds is 3. The molecule has 2 aromatic rings. The molecule has 3 nitrogen and oxygen atoms in total. The first-order chi connectivity index (χ1) is 9.31. The van der Waals surface area contributed by atoms with E-state index in [-0.39, 0.29) is 0 Å². The Bertz CT molecular complexity index is 544. The molecule has 1 saturated heterocycles. The zero-order valence-corrected chi connectivity index (χ0v) is 12.0. The fourth-order valence-corrected chi connectivity index (χ4v) is 3.40. The van der Waals surface area contributed by atoms with Crippen molar-refractivity contribution in [3.8, 4) is 0 Å². The monoisotopic (exact) mass is 273 g/mol. The Morgan fingerprint density at radius 2 is 2.16 bits per heavy atom. The number of aryl methyl sites for hydroxylation is 1. The van der Waals surface area contributed by atoms with Crippen LogP contribution in [0.15, 0.2) is 30.5 Å². The zero-order chi connectivity index (χ0) is 13.1. The molecule has 1 fully saturated rings. The van der Waals surface area contributed by atoms with Crippen molar-refractivity contribution in [1.29, 1.82) is 0 Å². The van der Waals surface area contributed by atoms with Crippen molar-refractivity contribution in [2.75, 3.05) is 31.1 Å². The lowest BCUT2D eigenvalue weighted by Gasteiger charge is -2.26. The second kappa shape index (κ2) is 5.72. The number of thiazole rings is 1. The summed E-state index contributed by atoms with van der Waals surface area (Å²) in [6.45, 7) is 6.40. The summed E-state index contributed by atoms with van der Waals surface area (Å²) in [6.07, 6.45) is 3.02. The Hall–Kier alpha value is -1.39. The highest BCUT2D eigenvalue weighted by molar-refractivity contribution is 7.15. The number of hydrogen-bond acceptors (Lipinski definition) is 4. The van der Waals surface area contributed by atoms with Crippen LogP contribution < -0.4 is 10.2 Å². The molecule has 4 heteroatoms. The smallest absolute Gasteiger partial charge is 0.185 e. The van der Waals surface area contributed by atoms with Gasteiger partial charge in [0.25, 0.3) is 0 Å². The molecule has 1 aliphatic rings. The van der Waals surface area contributed by atoms with Gasteiger partial charge in [-0.2, -0.15) is 0 Å². The number of nitrogens with zero attached hydrogens (tertiary/aromatic N) is 2. The number of nitrogens with one attached hydrogen (secondary N) is 1. The predicted molar refractivity (Wildman–Crippen MR) is 81.2 cm³/mol. The van der Waals surface area contributed by atoms with Crippen molar-refractivity contribution in [2.45, 2.75) is 13.3 Å². The molecule has 0 atom stereocenters. The van der Waals surface area contributed by atoms with E-state index < -0.39 is 0 Å². The van der Waals surface area contributed by atoms with Gasteiger partial charge in [-0.1, -0.05) is 29.8 Å². The van der Waals surface area contributed by atoms with Crippen LogP contribution in [0.25, 0.3) is 0 Å². The van der Waals surface area contributed by atoms with Crippen LogP contribution in [0, 0.1) is 6.92 Å². The van der Waals surface area contributed by atoms with E-state index in [1.807, 2.05) is 17.5 Å². The molecule has 0 saturated carbocycles. The van der Waals surface area contributed by atoms with Gasteiger partial charge >= 0.3 is 0 Å². The van der Waals surface area contributed by atoms with Gasteiger partial charge in [0.2, 0.25) is 0 Å². The highest BCUT2D eigenvalue weighted by Gasteiger charge is 2.13. The summed E-state index contributed by atoms with van der Waals surface area (Å²) in [5, 5.41) is 4.54. The van der Waals surface area contributed by atoms with Crippen LogP contribution >= 0.6 is 11.3 Å². The number of anilines is 1. The second-order valence-electron chi connectivity index (χ2n) is 5.01. The number of aromatic nitrogens is 1. The SMILES string of the molecule is Cc1cccc(Cc2cnc(N3CCNCC3)s2)c1. The normalized spacial score (nSPS) is 15.7. The van der Waals surface area contributed by atoms with Crippen molar-refractivity contribution >= 4 is 16.5 Å². The van der Waals surface area contributed by atoms with E-state index in [1.165, 1.54) is 21.1 Å². The van der Waals surface area contributed by atoms with Gasteiger partial charge in [0, 0.05) is 43.7 Å². The quantitative estimate of drug-likeness (QED) is 0.931. The number of piperazine rings is 1. The van der Waals surface area contributed by atoms with Crippen LogP contribution in [0.1, 0.15) is 16.0 Å². The van der Waals surface area contributed by atoms with Crippen molar-refractivity contribution in [3.63, 3.8) is 0 Å². The minimum atomic E-state index is 0.992. The highest BCUT2D eigenvalue weighted by Crippen LogP contribution is 2.25. The van der Waals surface area contributed by atoms with Crippen LogP contribution in [0.4, 0.5) is 5.13 Å². The molecule has 0 radical (unpaired) electrons. The summed E-state index contributed by atoms with van der Waals surface area (Å²) < 4.78 is 0. The Labute approximate surface area is 118 Å². The number of hydrogen-bond donors (Lipinski definition) is 1. The third-order valence-electron chi connectivity index (χ3n) is 3.39. The molecular weight excluding hydrogens is 254 g/mol. The molecule has 1 N–H and O–H groups in total. The number of benzene rings is 1. The topological polar surface area (TPSA) is 28.2 Å². The lowest BCUT2D eigenvalue weighted by atomic mass is 10.1. The molecule has 0 spiro atoms. The van der Waals surface area contributed by atoms with E-state index in [1.54, 1.807) is 0 Å². The Morgan fingerprint density at radius 1 is 1.32 bits per heavy atom. The molecule has 1 aliphatic heterocycles. The van der Waals surface area contributed by atoms with Crippen LogP contribution in [0.5, 0.6) is 0 Å². The maximum Gasteiger partial charge on any atom is 0.185 e. The lowest BCUT2D eigenvalue weighted by Crippen LogP contribution is -2.43. The minimum absolute atomic E-state index is 0.992. The molecule has 100 valence electrons. The molecule has 0 amide bonds. The zero-order valence-electron chi connectivity index (χ0n) is 11.2. The summed E-state index contributed by atoms with van der Waals surface area (Å²) in [5.74, 6) is 0. The Kier molecular flexibility index (Phi) is 3.80. The van der Waals surface area contributed by atoms with Gasteiger partial charge in [-0.05, 0) is 12.5 Å². The molecule has 19 heavy (non-hydrogen) atoms. The maximum absolute atomic E-state index is 4.58. The van der Waals surface area contributed by atoms with Crippen LogP contribution in [0.3, 0.4) is 0 Å². The van der Waals surface area contributed by atoms with E-state index in [9.17, 15) is 0 Å². The summed E-state index contributed by atoms with van der Waals surface area (Å²) in [4.78, 5) is 8.30. The standard InChI is InChI=1S/C15H19N3S/c1-12-3-2-4-13(9-12)10-14-11-17-15(19-14)18-7-5-16-6-8-18/h2-4,9,11,16H,5-8,10H2,1H3. The first-order valence-corrected chi connectivity index (χ1v) is 7.59. The van der Waals surface area contributed by atoms with E-state index in [2.05, 4.69) is 46.4 Å². The average molecular weight is 273 g/mol. The van der Waals surface area contributed by atoms with Gasteiger partial charge in [0.05, 0.1) is 0 Å². The fourth-order valence-electron chi connectivity index (χ4n) is 2.40. The van der Waals surface area contributed by atoms with E-state index >= 15 is 0 Å². The summed E-state index contributed by atoms with van der Waals surface area (Å²) in [7, 11) is 0. The van der Waals surface area contributed by atoms with Crippen molar-refractivity contribution in [3.05, 3.63) is 46.5 Å². The van der Waals surface area contributed by atoms with Crippen LogP contribution in [-0.4, -0.2) is 31.2 Å². The summed E-state index contributed by atoms with van der Waals surface area (Å²) >= 11 is 1.83. The van der Waals surface area contributed by atoms with Gasteiger partial charge < -0.3 is 10.2 Å². The molecule has 3 rings (SSSR count). The lowest BCUT2D eigenvalue weighted by molar-refractivity contribution is 0.588. The van der Waals surface area contributed by atoms with E-state index in [0.29, 0.717) is 0 Å². The third kappa shape index (κ3) is 3.14. The first kappa shape index (κ1) is 12.6. The second-order valence-corrected chi connectivity index (χ2v) is 6.11. The van der Waals surface area contributed by atoms with E-state index in [0.717, 1.165) is 32.6 Å². The van der Waals surface area contributed by atoms with E-state index in [4.69, 9.17) is 0 Å². The van der Waals surface area contributed by atoms with Crippen molar-refractivity contribution in [2.24, 2.45) is 0 Å². The van der Waals surface area contributed by atoms with Gasteiger partial charge in [0.1, 0.15) is 0 Å². The predicted octanol–water partition coefficient (Wildman–Crippen LogP) is 2.45. The molecule has 0 unspecified atom stereocenters. The average Bonchev–Trinajstić information content (AvgIpc) is 2.88. The highest BCUT2D eigenvalue weighted by atomic mass is 32.1. The Morgan fingerprint density at radius 3 is 2.95 bits per heavy atom. The fraction of sp³-hybridized carbons (Fsp3) is 0.400. The first-order valence-electron chi connectivity index (χ1n) is 6.77. The molecule has 0 bridgehead atoms. The molecule has 2 heterocycles. The molecule has 0 aliphatic carbocycles. The van der Waals surface area contributed by atoms with Crippen molar-refractivity contribution in [1.82, 2.24) is 10.3 Å².